The van der Waals surface area contributed by atoms with Crippen LogP contribution in [0.4, 0.5) is 13.2 Å². The number of carbonyl (C=O) groups is 1. The lowest BCUT2D eigenvalue weighted by Gasteiger charge is -2.42. The molecule has 0 unspecified atom stereocenters. The van der Waals surface area contributed by atoms with Crippen LogP contribution in [0.2, 0.25) is 0 Å². The summed E-state index contributed by atoms with van der Waals surface area (Å²) < 4.78 is 39.5. The van der Waals surface area contributed by atoms with Crippen molar-refractivity contribution in [3.05, 3.63) is 34.9 Å². The Morgan fingerprint density at radius 2 is 1.96 bits per heavy atom. The third-order valence-corrected chi connectivity index (χ3v) is 5.27. The molecule has 0 aliphatic carbocycles. The maximum absolute atomic E-state index is 13.2. The van der Waals surface area contributed by atoms with Crippen LogP contribution in [0.3, 0.4) is 0 Å². The largest absolute Gasteiger partial charge is 0.478 e. The van der Waals surface area contributed by atoms with E-state index in [1.54, 1.807) is 0 Å². The standard InChI is InChI=1S/C17H21F3N2O2/c18-17(19,20)14-10-12(2-3-13(14)15(23)24)11-22-9-1-4-16(22)5-7-21-8-6-16/h2-3,10,21H,1,4-9,11H2,(H,23,24). The molecule has 0 amide bonds. The normalized spacial score (nSPS) is 21.3. The molecular weight excluding hydrogens is 321 g/mol. The van der Waals surface area contributed by atoms with Crippen molar-refractivity contribution in [2.24, 2.45) is 0 Å². The first-order valence-electron chi connectivity index (χ1n) is 8.21. The molecule has 0 atom stereocenters. The summed E-state index contributed by atoms with van der Waals surface area (Å²) in [6.07, 6.45) is -0.521. The van der Waals surface area contributed by atoms with Crippen molar-refractivity contribution < 1.29 is 23.1 Å². The lowest BCUT2D eigenvalue weighted by atomic mass is 9.85. The Balaban J connectivity index is 1.86. The summed E-state index contributed by atoms with van der Waals surface area (Å²) >= 11 is 0. The number of piperidine rings is 1. The molecule has 1 aromatic carbocycles. The van der Waals surface area contributed by atoms with Gasteiger partial charge in [-0.15, -0.1) is 0 Å². The highest BCUT2D eigenvalue weighted by Gasteiger charge is 2.41. The Morgan fingerprint density at radius 1 is 1.25 bits per heavy atom. The van der Waals surface area contributed by atoms with Crippen molar-refractivity contribution in [3.63, 3.8) is 0 Å². The zero-order chi connectivity index (χ0) is 17.4. The fourth-order valence-electron chi connectivity index (χ4n) is 4.03. The van der Waals surface area contributed by atoms with E-state index in [1.807, 2.05) is 0 Å². The quantitative estimate of drug-likeness (QED) is 0.886. The van der Waals surface area contributed by atoms with Gasteiger partial charge in [0.15, 0.2) is 0 Å². The Bertz CT molecular complexity index is 625. The van der Waals surface area contributed by atoms with E-state index >= 15 is 0 Å². The van der Waals surface area contributed by atoms with Gasteiger partial charge in [0.1, 0.15) is 0 Å². The average Bonchev–Trinajstić information content (AvgIpc) is 2.89. The minimum absolute atomic E-state index is 0.0785. The molecule has 2 aliphatic heterocycles. The van der Waals surface area contributed by atoms with Crippen molar-refractivity contribution in [3.8, 4) is 0 Å². The van der Waals surface area contributed by atoms with Crippen molar-refractivity contribution >= 4 is 5.97 Å². The fraction of sp³-hybridized carbons (Fsp3) is 0.588. The molecule has 2 aliphatic rings. The Hall–Kier alpha value is -1.60. The van der Waals surface area contributed by atoms with Gasteiger partial charge in [0.05, 0.1) is 11.1 Å². The van der Waals surface area contributed by atoms with Crippen LogP contribution in [0.5, 0.6) is 0 Å². The van der Waals surface area contributed by atoms with Gasteiger partial charge in [0.2, 0.25) is 0 Å². The lowest BCUT2D eigenvalue weighted by molar-refractivity contribution is -0.138. The number of rotatable bonds is 3. The zero-order valence-electron chi connectivity index (χ0n) is 13.3. The molecule has 1 aromatic rings. The van der Waals surface area contributed by atoms with Crippen molar-refractivity contribution in [2.45, 2.75) is 43.9 Å². The number of aromatic carboxylic acids is 1. The van der Waals surface area contributed by atoms with E-state index in [4.69, 9.17) is 5.11 Å². The first-order valence-corrected chi connectivity index (χ1v) is 8.21. The fourth-order valence-corrected chi connectivity index (χ4v) is 4.03. The van der Waals surface area contributed by atoms with Crippen LogP contribution in [-0.4, -0.2) is 41.1 Å². The molecule has 0 radical (unpaired) electrons. The number of benzene rings is 1. The molecule has 0 bridgehead atoms. The molecule has 3 rings (SSSR count). The molecule has 1 spiro atoms. The smallest absolute Gasteiger partial charge is 0.417 e. The molecule has 4 nitrogen and oxygen atoms in total. The lowest BCUT2D eigenvalue weighted by Crippen LogP contribution is -2.50. The summed E-state index contributed by atoms with van der Waals surface area (Å²) in [5.74, 6) is -1.55. The Morgan fingerprint density at radius 3 is 2.58 bits per heavy atom. The summed E-state index contributed by atoms with van der Waals surface area (Å²) in [5, 5.41) is 12.3. The van der Waals surface area contributed by atoms with Gasteiger partial charge in [0.25, 0.3) is 0 Å². The number of alkyl halides is 3. The highest BCUT2D eigenvalue weighted by atomic mass is 19.4. The second-order valence-electron chi connectivity index (χ2n) is 6.68. The van der Waals surface area contributed by atoms with E-state index < -0.39 is 23.3 Å². The minimum Gasteiger partial charge on any atom is -0.478 e. The molecular formula is C17H21F3N2O2. The van der Waals surface area contributed by atoms with E-state index in [0.717, 1.165) is 57.5 Å². The molecule has 0 aromatic heterocycles. The number of nitrogens with one attached hydrogen (secondary N) is 1. The van der Waals surface area contributed by atoms with Crippen molar-refractivity contribution in [2.75, 3.05) is 19.6 Å². The summed E-state index contributed by atoms with van der Waals surface area (Å²) in [4.78, 5) is 13.3. The van der Waals surface area contributed by atoms with Crippen LogP contribution >= 0.6 is 0 Å². The maximum atomic E-state index is 13.2. The number of carboxylic acids is 1. The van der Waals surface area contributed by atoms with Gasteiger partial charge in [-0.1, -0.05) is 6.07 Å². The van der Waals surface area contributed by atoms with Gasteiger partial charge in [-0.05, 0) is 63.0 Å². The minimum atomic E-state index is -4.67. The van der Waals surface area contributed by atoms with E-state index in [1.165, 1.54) is 6.07 Å². The number of halogens is 3. The molecule has 2 N–H and O–H groups in total. The van der Waals surface area contributed by atoms with E-state index in [2.05, 4.69) is 10.2 Å². The third-order valence-electron chi connectivity index (χ3n) is 5.27. The van der Waals surface area contributed by atoms with E-state index in [-0.39, 0.29) is 5.54 Å². The van der Waals surface area contributed by atoms with Gasteiger partial charge < -0.3 is 10.4 Å². The van der Waals surface area contributed by atoms with Crippen LogP contribution in [0.25, 0.3) is 0 Å². The SMILES string of the molecule is O=C(O)c1ccc(CN2CCCC23CCNCC3)cc1C(F)(F)F. The van der Waals surface area contributed by atoms with Gasteiger partial charge in [-0.3, -0.25) is 4.90 Å². The van der Waals surface area contributed by atoms with Gasteiger partial charge in [0, 0.05) is 12.1 Å². The molecule has 24 heavy (non-hydrogen) atoms. The first kappa shape index (κ1) is 17.2. The van der Waals surface area contributed by atoms with Crippen LogP contribution in [0.15, 0.2) is 18.2 Å². The molecule has 132 valence electrons. The third kappa shape index (κ3) is 3.28. The highest BCUT2D eigenvalue weighted by molar-refractivity contribution is 5.89. The monoisotopic (exact) mass is 342 g/mol. The summed E-state index contributed by atoms with van der Waals surface area (Å²) in [6, 6.07) is 3.58. The first-order chi connectivity index (χ1) is 11.3. The summed E-state index contributed by atoms with van der Waals surface area (Å²) in [6.45, 7) is 3.18. The number of hydrogen-bond donors (Lipinski definition) is 2. The summed E-state index contributed by atoms with van der Waals surface area (Å²) in [5.41, 5.74) is -1.16. The number of likely N-dealkylation sites (tertiary alicyclic amines) is 1. The number of hydrogen-bond acceptors (Lipinski definition) is 3. The topological polar surface area (TPSA) is 52.6 Å². The van der Waals surface area contributed by atoms with Gasteiger partial charge in [-0.2, -0.15) is 13.2 Å². The van der Waals surface area contributed by atoms with Crippen LogP contribution in [-0.2, 0) is 12.7 Å². The van der Waals surface area contributed by atoms with E-state index in [0.29, 0.717) is 12.1 Å². The zero-order valence-corrected chi connectivity index (χ0v) is 13.3. The van der Waals surface area contributed by atoms with E-state index in [9.17, 15) is 18.0 Å². The number of carboxylic acid groups (broad SMARTS) is 1. The van der Waals surface area contributed by atoms with Crippen molar-refractivity contribution in [1.82, 2.24) is 10.2 Å². The maximum Gasteiger partial charge on any atom is 0.417 e. The predicted molar refractivity (Wildman–Crippen MR) is 82.9 cm³/mol. The summed E-state index contributed by atoms with van der Waals surface area (Å²) in [7, 11) is 0. The van der Waals surface area contributed by atoms with Crippen LogP contribution in [0.1, 0.15) is 47.2 Å². The highest BCUT2D eigenvalue weighted by Crippen LogP contribution is 2.39. The second-order valence-corrected chi connectivity index (χ2v) is 6.68. The molecule has 7 heteroatoms. The molecule has 2 fully saturated rings. The second kappa shape index (κ2) is 6.37. The number of nitrogens with zero attached hydrogens (tertiary/aromatic N) is 1. The molecule has 2 heterocycles. The Kier molecular flexibility index (Phi) is 4.57. The van der Waals surface area contributed by atoms with Crippen molar-refractivity contribution in [1.29, 1.82) is 0 Å². The van der Waals surface area contributed by atoms with Gasteiger partial charge >= 0.3 is 12.1 Å². The molecule has 0 saturated carbocycles. The van der Waals surface area contributed by atoms with Crippen LogP contribution in [0, 0.1) is 0 Å². The average molecular weight is 342 g/mol. The van der Waals surface area contributed by atoms with Crippen LogP contribution < -0.4 is 5.32 Å². The van der Waals surface area contributed by atoms with Gasteiger partial charge in [-0.25, -0.2) is 4.79 Å². The molecule has 2 saturated heterocycles. The predicted octanol–water partition coefficient (Wildman–Crippen LogP) is 3.12. The Labute approximate surface area is 138 Å².